The highest BCUT2D eigenvalue weighted by molar-refractivity contribution is 6.31. The molecule has 0 radical (unpaired) electrons. The highest BCUT2D eigenvalue weighted by Crippen LogP contribution is 2.31. The molecule has 0 amide bonds. The van der Waals surface area contributed by atoms with Gasteiger partial charge in [0.1, 0.15) is 11.6 Å². The largest absolute Gasteiger partial charge is 0.496 e. The third-order valence-corrected chi connectivity index (χ3v) is 3.93. The Morgan fingerprint density at radius 2 is 2.05 bits per heavy atom. The Balaban J connectivity index is 2.39. The summed E-state index contributed by atoms with van der Waals surface area (Å²) < 4.78 is 19.4. The van der Waals surface area contributed by atoms with E-state index in [9.17, 15) is 4.39 Å². The molecule has 1 N–H and O–H groups in total. The number of methoxy groups -OCH3 is 1. The molecule has 0 aliphatic rings. The van der Waals surface area contributed by atoms with Crippen LogP contribution in [0.5, 0.6) is 5.75 Å². The zero-order chi connectivity index (χ0) is 15.4. The third-order valence-electron chi connectivity index (χ3n) is 3.58. The lowest BCUT2D eigenvalue weighted by atomic mass is 9.96. The van der Waals surface area contributed by atoms with E-state index in [-0.39, 0.29) is 11.9 Å². The Bertz CT molecular complexity index is 610. The molecule has 2 nitrogen and oxygen atoms in total. The van der Waals surface area contributed by atoms with Crippen LogP contribution in [0.25, 0.3) is 0 Å². The fourth-order valence-electron chi connectivity index (χ4n) is 2.43. The van der Waals surface area contributed by atoms with Gasteiger partial charge in [0, 0.05) is 22.2 Å². The van der Waals surface area contributed by atoms with Crippen molar-refractivity contribution in [2.24, 2.45) is 0 Å². The lowest BCUT2D eigenvalue weighted by Gasteiger charge is -2.21. The maximum atomic E-state index is 14.0. The summed E-state index contributed by atoms with van der Waals surface area (Å²) in [5.74, 6) is 0.502. The Kier molecular flexibility index (Phi) is 5.21. The maximum Gasteiger partial charge on any atom is 0.127 e. The van der Waals surface area contributed by atoms with Gasteiger partial charge in [-0.3, -0.25) is 0 Å². The zero-order valence-electron chi connectivity index (χ0n) is 12.4. The van der Waals surface area contributed by atoms with Crippen molar-refractivity contribution in [2.45, 2.75) is 19.4 Å². The van der Waals surface area contributed by atoms with Gasteiger partial charge in [0.05, 0.1) is 7.11 Å². The van der Waals surface area contributed by atoms with Crippen molar-refractivity contribution < 1.29 is 9.13 Å². The SMILES string of the molecule is CNC(Cc1c(F)cccc1Cl)c1cc(C)ccc1OC. The lowest BCUT2D eigenvalue weighted by molar-refractivity contribution is 0.400. The predicted octanol–water partition coefficient (Wildman–Crippen LogP) is 4.30. The highest BCUT2D eigenvalue weighted by Gasteiger charge is 2.18. The summed E-state index contributed by atoms with van der Waals surface area (Å²) >= 11 is 6.12. The molecule has 0 fully saturated rings. The number of likely N-dealkylation sites (N-methyl/N-ethyl adjacent to an activating group) is 1. The molecule has 2 aromatic rings. The summed E-state index contributed by atoms with van der Waals surface area (Å²) in [6, 6.07) is 10.6. The fraction of sp³-hybridized carbons (Fsp3) is 0.294. The van der Waals surface area contributed by atoms with Crippen LogP contribution in [0.1, 0.15) is 22.7 Å². The van der Waals surface area contributed by atoms with E-state index in [1.165, 1.54) is 6.07 Å². The van der Waals surface area contributed by atoms with Crippen molar-refractivity contribution in [2.75, 3.05) is 14.2 Å². The van der Waals surface area contributed by atoms with E-state index in [4.69, 9.17) is 16.3 Å². The van der Waals surface area contributed by atoms with E-state index < -0.39 is 0 Å². The Morgan fingerprint density at radius 1 is 1.29 bits per heavy atom. The van der Waals surface area contributed by atoms with Crippen LogP contribution in [0.2, 0.25) is 5.02 Å². The van der Waals surface area contributed by atoms with E-state index in [0.29, 0.717) is 17.0 Å². The van der Waals surface area contributed by atoms with Gasteiger partial charge in [-0.2, -0.15) is 0 Å². The summed E-state index contributed by atoms with van der Waals surface area (Å²) in [7, 11) is 3.48. The van der Waals surface area contributed by atoms with Crippen molar-refractivity contribution >= 4 is 11.6 Å². The molecule has 0 aromatic heterocycles. The number of aryl methyl sites for hydroxylation is 1. The molecule has 0 bridgehead atoms. The number of benzene rings is 2. The summed E-state index contributed by atoms with van der Waals surface area (Å²) in [5, 5.41) is 3.66. The molecule has 1 atom stereocenters. The average molecular weight is 308 g/mol. The summed E-state index contributed by atoms with van der Waals surface area (Å²) in [6.07, 6.45) is 0.460. The van der Waals surface area contributed by atoms with Crippen molar-refractivity contribution in [1.82, 2.24) is 5.32 Å². The second kappa shape index (κ2) is 6.92. The van der Waals surface area contributed by atoms with Gasteiger partial charge in [-0.1, -0.05) is 35.4 Å². The van der Waals surface area contributed by atoms with Crippen LogP contribution in [0.3, 0.4) is 0 Å². The van der Waals surface area contributed by atoms with Crippen molar-refractivity contribution in [3.63, 3.8) is 0 Å². The van der Waals surface area contributed by atoms with Gasteiger partial charge in [0.25, 0.3) is 0 Å². The molecule has 0 spiro atoms. The van der Waals surface area contributed by atoms with Gasteiger partial charge in [-0.15, -0.1) is 0 Å². The van der Waals surface area contributed by atoms with E-state index >= 15 is 0 Å². The fourth-order valence-corrected chi connectivity index (χ4v) is 2.67. The second-order valence-electron chi connectivity index (χ2n) is 4.99. The highest BCUT2D eigenvalue weighted by atomic mass is 35.5. The van der Waals surface area contributed by atoms with Crippen molar-refractivity contribution in [3.05, 3.63) is 63.9 Å². The van der Waals surface area contributed by atoms with Crippen LogP contribution >= 0.6 is 11.6 Å². The minimum atomic E-state index is -0.283. The molecule has 0 aliphatic heterocycles. The third kappa shape index (κ3) is 3.55. The number of ether oxygens (including phenoxy) is 1. The lowest BCUT2D eigenvalue weighted by Crippen LogP contribution is -2.20. The minimum absolute atomic E-state index is 0.0748. The Labute approximate surface area is 129 Å². The maximum absolute atomic E-state index is 14.0. The Hall–Kier alpha value is -1.58. The van der Waals surface area contributed by atoms with Gasteiger partial charge >= 0.3 is 0 Å². The first kappa shape index (κ1) is 15.8. The summed E-state index contributed by atoms with van der Waals surface area (Å²) in [5.41, 5.74) is 2.65. The monoisotopic (exact) mass is 307 g/mol. The average Bonchev–Trinajstić information content (AvgIpc) is 2.47. The van der Waals surface area contributed by atoms with Gasteiger partial charge in [0.2, 0.25) is 0 Å². The number of nitrogens with one attached hydrogen (secondary N) is 1. The number of hydrogen-bond donors (Lipinski definition) is 1. The van der Waals surface area contributed by atoms with Crippen LogP contribution < -0.4 is 10.1 Å². The molecular formula is C17H19ClFNO. The first-order valence-corrected chi connectivity index (χ1v) is 7.19. The van der Waals surface area contributed by atoms with E-state index in [1.54, 1.807) is 19.2 Å². The zero-order valence-corrected chi connectivity index (χ0v) is 13.2. The second-order valence-corrected chi connectivity index (χ2v) is 5.40. The van der Waals surface area contributed by atoms with Crippen LogP contribution in [0, 0.1) is 12.7 Å². The molecule has 0 saturated carbocycles. The number of rotatable bonds is 5. The van der Waals surface area contributed by atoms with E-state index in [2.05, 4.69) is 11.4 Å². The first-order chi connectivity index (χ1) is 10.1. The molecule has 112 valence electrons. The molecule has 0 heterocycles. The normalized spacial score (nSPS) is 12.2. The molecule has 2 aromatic carbocycles. The molecular weight excluding hydrogens is 289 g/mol. The van der Waals surface area contributed by atoms with E-state index in [0.717, 1.165) is 16.9 Å². The number of hydrogen-bond acceptors (Lipinski definition) is 2. The van der Waals surface area contributed by atoms with Gasteiger partial charge in [-0.05, 0) is 38.6 Å². The van der Waals surface area contributed by atoms with Crippen LogP contribution in [0.15, 0.2) is 36.4 Å². The van der Waals surface area contributed by atoms with Crippen LogP contribution in [0.4, 0.5) is 4.39 Å². The molecule has 2 rings (SSSR count). The van der Waals surface area contributed by atoms with Crippen molar-refractivity contribution in [3.8, 4) is 5.75 Å². The quantitative estimate of drug-likeness (QED) is 0.889. The van der Waals surface area contributed by atoms with E-state index in [1.807, 2.05) is 26.1 Å². The minimum Gasteiger partial charge on any atom is -0.496 e. The molecule has 4 heteroatoms. The van der Waals surface area contributed by atoms with Gasteiger partial charge < -0.3 is 10.1 Å². The van der Waals surface area contributed by atoms with Gasteiger partial charge in [-0.25, -0.2) is 4.39 Å². The predicted molar refractivity (Wildman–Crippen MR) is 84.6 cm³/mol. The number of halogens is 2. The smallest absolute Gasteiger partial charge is 0.127 e. The topological polar surface area (TPSA) is 21.3 Å². The molecule has 0 saturated heterocycles. The Morgan fingerprint density at radius 3 is 2.67 bits per heavy atom. The molecule has 21 heavy (non-hydrogen) atoms. The molecule has 1 unspecified atom stereocenters. The first-order valence-electron chi connectivity index (χ1n) is 6.81. The molecule has 0 aliphatic carbocycles. The van der Waals surface area contributed by atoms with Crippen molar-refractivity contribution in [1.29, 1.82) is 0 Å². The standard InChI is InChI=1S/C17H19ClFNO/c1-11-7-8-17(21-3)13(9-11)16(20-2)10-12-14(18)5-4-6-15(12)19/h4-9,16,20H,10H2,1-3H3. The summed E-state index contributed by atoms with van der Waals surface area (Å²) in [6.45, 7) is 2.02. The van der Waals surface area contributed by atoms with Gasteiger partial charge in [0.15, 0.2) is 0 Å². The summed E-state index contributed by atoms with van der Waals surface area (Å²) in [4.78, 5) is 0. The van der Waals surface area contributed by atoms with Crippen LogP contribution in [-0.4, -0.2) is 14.2 Å². The van der Waals surface area contributed by atoms with Crippen LogP contribution in [-0.2, 0) is 6.42 Å².